The molecular weight excluding hydrogens is 320 g/mol. The van der Waals surface area contributed by atoms with Gasteiger partial charge in [-0.3, -0.25) is 14.9 Å². The van der Waals surface area contributed by atoms with Crippen LogP contribution in [0.1, 0.15) is 34.9 Å². The molecule has 1 unspecified atom stereocenters. The second-order valence-corrected chi connectivity index (χ2v) is 6.29. The highest BCUT2D eigenvalue weighted by atomic mass is 16.6. The van der Waals surface area contributed by atoms with Crippen molar-refractivity contribution in [3.05, 3.63) is 75.8 Å². The van der Waals surface area contributed by atoms with Gasteiger partial charge < -0.3 is 10.0 Å². The lowest BCUT2D eigenvalue weighted by atomic mass is 9.87. The summed E-state index contributed by atoms with van der Waals surface area (Å²) in [5.41, 5.74) is 1.33. The molecule has 0 saturated carbocycles. The molecule has 2 aromatic carbocycles. The van der Waals surface area contributed by atoms with Crippen LogP contribution in [0.5, 0.6) is 0 Å². The first-order valence-corrected chi connectivity index (χ1v) is 8.33. The Morgan fingerprint density at radius 3 is 2.24 bits per heavy atom. The maximum Gasteiger partial charge on any atom is 0.269 e. The van der Waals surface area contributed by atoms with Gasteiger partial charge in [-0.2, -0.15) is 0 Å². The highest BCUT2D eigenvalue weighted by Gasteiger charge is 2.28. The molecule has 1 saturated heterocycles. The van der Waals surface area contributed by atoms with Crippen LogP contribution < -0.4 is 0 Å². The van der Waals surface area contributed by atoms with Gasteiger partial charge >= 0.3 is 0 Å². The lowest BCUT2D eigenvalue weighted by molar-refractivity contribution is -0.384. The SMILES string of the molecule is O=C(c1ccc([N+](=O)[O-])cc1)N1CCC(C(O)c2ccccc2)CC1. The second kappa shape index (κ2) is 7.44. The number of rotatable bonds is 4. The van der Waals surface area contributed by atoms with Crippen molar-refractivity contribution in [3.8, 4) is 0 Å². The number of likely N-dealkylation sites (tertiary alicyclic amines) is 1. The first-order valence-electron chi connectivity index (χ1n) is 8.33. The van der Waals surface area contributed by atoms with Crippen LogP contribution in [0.3, 0.4) is 0 Å². The van der Waals surface area contributed by atoms with E-state index in [1.165, 1.54) is 24.3 Å². The zero-order valence-corrected chi connectivity index (χ0v) is 13.7. The summed E-state index contributed by atoms with van der Waals surface area (Å²) in [6.07, 6.45) is 0.946. The number of amides is 1. The zero-order chi connectivity index (χ0) is 17.8. The van der Waals surface area contributed by atoms with Crippen LogP contribution in [-0.4, -0.2) is 33.9 Å². The number of benzene rings is 2. The fourth-order valence-electron chi connectivity index (χ4n) is 3.25. The van der Waals surface area contributed by atoms with E-state index in [2.05, 4.69) is 0 Å². The molecule has 1 N–H and O–H groups in total. The molecule has 0 spiro atoms. The van der Waals surface area contributed by atoms with E-state index in [1.807, 2.05) is 30.3 Å². The lowest BCUT2D eigenvalue weighted by Crippen LogP contribution is -2.39. The Kier molecular flexibility index (Phi) is 5.09. The van der Waals surface area contributed by atoms with Crippen molar-refractivity contribution in [2.75, 3.05) is 13.1 Å². The summed E-state index contributed by atoms with van der Waals surface area (Å²) in [7, 11) is 0. The van der Waals surface area contributed by atoms with Gasteiger partial charge in [0.25, 0.3) is 11.6 Å². The number of piperidine rings is 1. The molecule has 6 nitrogen and oxygen atoms in total. The third kappa shape index (κ3) is 3.85. The minimum atomic E-state index is -0.516. The van der Waals surface area contributed by atoms with Gasteiger partial charge in [0.15, 0.2) is 0 Å². The van der Waals surface area contributed by atoms with Crippen LogP contribution in [0.2, 0.25) is 0 Å². The highest BCUT2D eigenvalue weighted by molar-refractivity contribution is 5.94. The molecule has 6 heteroatoms. The largest absolute Gasteiger partial charge is 0.388 e. The topological polar surface area (TPSA) is 83.7 Å². The maximum absolute atomic E-state index is 12.5. The Balaban J connectivity index is 1.60. The normalized spacial score (nSPS) is 16.4. The predicted molar refractivity (Wildman–Crippen MR) is 93.1 cm³/mol. The molecule has 3 rings (SSSR count). The predicted octanol–water partition coefficient (Wildman–Crippen LogP) is 3.18. The monoisotopic (exact) mass is 340 g/mol. The molecule has 1 aliphatic heterocycles. The van der Waals surface area contributed by atoms with Crippen molar-refractivity contribution in [3.63, 3.8) is 0 Å². The van der Waals surface area contributed by atoms with E-state index in [-0.39, 0.29) is 17.5 Å². The Morgan fingerprint density at radius 1 is 1.08 bits per heavy atom. The van der Waals surface area contributed by atoms with Crippen molar-refractivity contribution in [2.24, 2.45) is 5.92 Å². The molecule has 25 heavy (non-hydrogen) atoms. The molecule has 1 aliphatic rings. The van der Waals surface area contributed by atoms with Gasteiger partial charge in [0.2, 0.25) is 0 Å². The molecule has 2 aromatic rings. The maximum atomic E-state index is 12.5. The van der Waals surface area contributed by atoms with E-state index >= 15 is 0 Å². The van der Waals surface area contributed by atoms with Gasteiger partial charge in [-0.05, 0) is 36.5 Å². The van der Waals surface area contributed by atoms with Gasteiger partial charge in [-0.1, -0.05) is 30.3 Å². The van der Waals surface area contributed by atoms with E-state index in [4.69, 9.17) is 0 Å². The number of aliphatic hydroxyl groups excluding tert-OH is 1. The van der Waals surface area contributed by atoms with Crippen LogP contribution in [0.25, 0.3) is 0 Å². The van der Waals surface area contributed by atoms with Gasteiger partial charge in [-0.25, -0.2) is 0 Å². The van der Waals surface area contributed by atoms with Crippen LogP contribution in [0.4, 0.5) is 5.69 Å². The van der Waals surface area contributed by atoms with Crippen LogP contribution in [0.15, 0.2) is 54.6 Å². The number of hydrogen-bond donors (Lipinski definition) is 1. The van der Waals surface area contributed by atoms with Crippen LogP contribution in [-0.2, 0) is 0 Å². The summed E-state index contributed by atoms with van der Waals surface area (Å²) >= 11 is 0. The summed E-state index contributed by atoms with van der Waals surface area (Å²) in [5.74, 6) is 0.00543. The number of nitro groups is 1. The first kappa shape index (κ1) is 17.1. The van der Waals surface area contributed by atoms with Crippen LogP contribution >= 0.6 is 0 Å². The number of non-ortho nitro benzene ring substituents is 1. The molecular formula is C19H20N2O4. The van der Waals surface area contributed by atoms with E-state index in [0.717, 1.165) is 18.4 Å². The quantitative estimate of drug-likeness (QED) is 0.684. The third-order valence-corrected chi connectivity index (χ3v) is 4.74. The summed E-state index contributed by atoms with van der Waals surface area (Å²) in [4.78, 5) is 24.5. The minimum Gasteiger partial charge on any atom is -0.388 e. The minimum absolute atomic E-state index is 0.0266. The molecule has 1 heterocycles. The second-order valence-electron chi connectivity index (χ2n) is 6.29. The number of carbonyl (C=O) groups is 1. The number of nitro benzene ring substituents is 1. The fourth-order valence-corrected chi connectivity index (χ4v) is 3.25. The number of carbonyl (C=O) groups excluding carboxylic acids is 1. The van der Waals surface area contributed by atoms with Crippen molar-refractivity contribution in [1.82, 2.24) is 4.90 Å². The molecule has 1 atom stereocenters. The standard InChI is InChI=1S/C19H20N2O4/c22-18(14-4-2-1-3-5-14)15-10-12-20(13-11-15)19(23)16-6-8-17(9-7-16)21(24)25/h1-9,15,18,22H,10-13H2. The lowest BCUT2D eigenvalue weighted by Gasteiger charge is -2.34. The molecule has 0 aliphatic carbocycles. The number of aliphatic hydroxyl groups is 1. The molecule has 1 amide bonds. The van der Waals surface area contributed by atoms with E-state index in [9.17, 15) is 20.0 Å². The van der Waals surface area contributed by atoms with E-state index < -0.39 is 11.0 Å². The first-order chi connectivity index (χ1) is 12.1. The zero-order valence-electron chi connectivity index (χ0n) is 13.7. The van der Waals surface area contributed by atoms with Gasteiger partial charge in [0.1, 0.15) is 0 Å². The summed E-state index contributed by atoms with van der Waals surface area (Å²) in [6, 6.07) is 15.2. The summed E-state index contributed by atoms with van der Waals surface area (Å²) in [6.45, 7) is 1.15. The Morgan fingerprint density at radius 2 is 1.68 bits per heavy atom. The molecule has 0 radical (unpaired) electrons. The summed E-state index contributed by atoms with van der Waals surface area (Å²) < 4.78 is 0. The Bertz CT molecular complexity index is 738. The number of nitrogens with zero attached hydrogens (tertiary/aromatic N) is 2. The molecule has 1 fully saturated rings. The molecule has 0 aromatic heterocycles. The van der Waals surface area contributed by atoms with Crippen molar-refractivity contribution >= 4 is 11.6 Å². The summed E-state index contributed by atoms with van der Waals surface area (Å²) in [5, 5.41) is 21.2. The average molecular weight is 340 g/mol. The number of hydrogen-bond acceptors (Lipinski definition) is 4. The molecule has 0 bridgehead atoms. The molecule has 130 valence electrons. The average Bonchev–Trinajstić information content (AvgIpc) is 2.67. The Hall–Kier alpha value is -2.73. The van der Waals surface area contributed by atoms with Crippen LogP contribution in [0, 0.1) is 16.0 Å². The van der Waals surface area contributed by atoms with Crippen molar-refractivity contribution in [1.29, 1.82) is 0 Å². The van der Waals surface area contributed by atoms with E-state index in [0.29, 0.717) is 18.7 Å². The van der Waals surface area contributed by atoms with Crippen molar-refractivity contribution < 1.29 is 14.8 Å². The third-order valence-electron chi connectivity index (χ3n) is 4.74. The van der Waals surface area contributed by atoms with Gasteiger partial charge in [0, 0.05) is 30.8 Å². The Labute approximate surface area is 145 Å². The van der Waals surface area contributed by atoms with Crippen molar-refractivity contribution in [2.45, 2.75) is 18.9 Å². The van der Waals surface area contributed by atoms with E-state index in [1.54, 1.807) is 4.90 Å². The van der Waals surface area contributed by atoms with Gasteiger partial charge in [-0.15, -0.1) is 0 Å². The fraction of sp³-hybridized carbons (Fsp3) is 0.316. The van der Waals surface area contributed by atoms with Gasteiger partial charge in [0.05, 0.1) is 11.0 Å². The smallest absolute Gasteiger partial charge is 0.269 e. The highest BCUT2D eigenvalue weighted by Crippen LogP contribution is 2.31.